The minimum atomic E-state index is 0.541. The fraction of sp³-hybridized carbons (Fsp3) is 0.529. The molecule has 2 saturated carbocycles. The second kappa shape index (κ2) is 7.09. The summed E-state index contributed by atoms with van der Waals surface area (Å²) in [6, 6.07) is 8.37. The molecule has 0 amide bonds. The first kappa shape index (κ1) is 15.3. The van der Waals surface area contributed by atoms with Crippen molar-refractivity contribution >= 4 is 23.5 Å². The van der Waals surface area contributed by atoms with Crippen molar-refractivity contribution in [1.29, 1.82) is 0 Å². The fourth-order valence-corrected chi connectivity index (χ4v) is 3.81. The number of rotatable bonds is 5. The van der Waals surface area contributed by atoms with Crippen molar-refractivity contribution in [2.45, 2.75) is 38.6 Å². The highest BCUT2D eigenvalue weighted by atomic mass is 32.1. The average Bonchev–Trinajstić information content (AvgIpc) is 3.12. The normalized spacial score (nSPS) is 26.3. The number of hydrazone groups is 1. The monoisotopic (exact) mass is 317 g/mol. The summed E-state index contributed by atoms with van der Waals surface area (Å²) < 4.78 is 5.41. The Balaban J connectivity index is 1.44. The Morgan fingerprint density at radius 2 is 2.14 bits per heavy atom. The van der Waals surface area contributed by atoms with Gasteiger partial charge in [0.2, 0.25) is 0 Å². The van der Waals surface area contributed by atoms with Crippen LogP contribution in [0, 0.1) is 11.8 Å². The Kier molecular flexibility index (Phi) is 4.93. The molecule has 4 nitrogen and oxygen atoms in total. The average molecular weight is 317 g/mol. The molecule has 0 saturated heterocycles. The fourth-order valence-electron chi connectivity index (χ4n) is 3.60. The second-order valence-electron chi connectivity index (χ2n) is 6.13. The Morgan fingerprint density at radius 3 is 2.77 bits per heavy atom. The van der Waals surface area contributed by atoms with Crippen LogP contribution in [0.25, 0.3) is 0 Å². The molecule has 3 atom stereocenters. The van der Waals surface area contributed by atoms with Gasteiger partial charge in [-0.2, -0.15) is 5.10 Å². The molecule has 2 aliphatic carbocycles. The van der Waals surface area contributed by atoms with Crippen molar-refractivity contribution in [1.82, 2.24) is 10.7 Å². The number of nitrogens with zero attached hydrogens (tertiary/aromatic N) is 1. The van der Waals surface area contributed by atoms with E-state index in [1.165, 1.54) is 25.7 Å². The van der Waals surface area contributed by atoms with Crippen LogP contribution in [0.3, 0.4) is 0 Å². The number of nitrogens with one attached hydrogen (secondary N) is 2. The quantitative estimate of drug-likeness (QED) is 0.498. The van der Waals surface area contributed by atoms with E-state index in [9.17, 15) is 0 Å². The van der Waals surface area contributed by atoms with Crippen molar-refractivity contribution < 1.29 is 4.74 Å². The van der Waals surface area contributed by atoms with Crippen LogP contribution in [0.5, 0.6) is 5.75 Å². The molecule has 1 aromatic carbocycles. The van der Waals surface area contributed by atoms with Gasteiger partial charge in [0.1, 0.15) is 5.75 Å². The van der Waals surface area contributed by atoms with Gasteiger partial charge in [0.25, 0.3) is 0 Å². The number of hydrogen-bond acceptors (Lipinski definition) is 3. The maximum Gasteiger partial charge on any atom is 0.187 e. The van der Waals surface area contributed by atoms with Crippen LogP contribution in [0.4, 0.5) is 0 Å². The van der Waals surface area contributed by atoms with Gasteiger partial charge >= 0.3 is 0 Å². The minimum absolute atomic E-state index is 0.541. The van der Waals surface area contributed by atoms with Crippen LogP contribution in [0.15, 0.2) is 29.4 Å². The lowest BCUT2D eigenvalue weighted by molar-refractivity contribution is 0.340. The summed E-state index contributed by atoms with van der Waals surface area (Å²) in [4.78, 5) is 0. The van der Waals surface area contributed by atoms with Gasteiger partial charge < -0.3 is 10.1 Å². The standard InChI is InChI=1S/C17H23N3OS/c1-2-21-15-7-4-12(5-8-15)11-18-20-17(22)19-16-10-13-3-6-14(16)9-13/h4-5,7-8,11,13-14,16H,2-3,6,9-10H2,1H3,(H2,19,20,22)/b18-11-/t13-,14-,16-/m1/s1. The largest absolute Gasteiger partial charge is 0.494 e. The maximum atomic E-state index is 5.41. The molecule has 5 heteroatoms. The second-order valence-corrected chi connectivity index (χ2v) is 6.54. The van der Waals surface area contributed by atoms with Gasteiger partial charge in [0.15, 0.2) is 5.11 Å². The van der Waals surface area contributed by atoms with E-state index in [0.29, 0.717) is 17.8 Å². The number of hydrogen-bond donors (Lipinski definition) is 2. The lowest BCUT2D eigenvalue weighted by atomic mass is 9.96. The molecule has 0 spiro atoms. The van der Waals surface area contributed by atoms with E-state index in [1.54, 1.807) is 6.21 Å². The van der Waals surface area contributed by atoms with E-state index < -0.39 is 0 Å². The van der Waals surface area contributed by atoms with E-state index in [0.717, 1.165) is 23.1 Å². The van der Waals surface area contributed by atoms with Crippen LogP contribution in [-0.2, 0) is 0 Å². The number of benzene rings is 1. The van der Waals surface area contributed by atoms with Crippen LogP contribution < -0.4 is 15.5 Å². The van der Waals surface area contributed by atoms with E-state index in [-0.39, 0.29) is 0 Å². The summed E-state index contributed by atoms with van der Waals surface area (Å²) in [5.41, 5.74) is 3.93. The predicted octanol–water partition coefficient (Wildman–Crippen LogP) is 3.07. The molecule has 3 rings (SSSR count). The van der Waals surface area contributed by atoms with Gasteiger partial charge in [-0.25, -0.2) is 0 Å². The summed E-state index contributed by atoms with van der Waals surface area (Å²) >= 11 is 5.32. The highest BCUT2D eigenvalue weighted by Crippen LogP contribution is 2.44. The van der Waals surface area contributed by atoms with Crippen molar-refractivity contribution in [2.75, 3.05) is 6.61 Å². The highest BCUT2D eigenvalue weighted by molar-refractivity contribution is 7.80. The number of thiocarbonyl (C=S) groups is 1. The van der Waals surface area contributed by atoms with Gasteiger partial charge in [0.05, 0.1) is 12.8 Å². The molecule has 0 aliphatic heterocycles. The van der Waals surface area contributed by atoms with Crippen molar-refractivity contribution in [3.8, 4) is 5.75 Å². The minimum Gasteiger partial charge on any atom is -0.494 e. The zero-order chi connectivity index (χ0) is 15.4. The Morgan fingerprint density at radius 1 is 1.32 bits per heavy atom. The van der Waals surface area contributed by atoms with Crippen molar-refractivity contribution in [2.24, 2.45) is 16.9 Å². The lowest BCUT2D eigenvalue weighted by Crippen LogP contribution is -2.42. The third-order valence-corrected chi connectivity index (χ3v) is 4.83. The topological polar surface area (TPSA) is 45.6 Å². The molecule has 2 N–H and O–H groups in total. The molecule has 22 heavy (non-hydrogen) atoms. The van der Waals surface area contributed by atoms with E-state index in [4.69, 9.17) is 17.0 Å². The maximum absolute atomic E-state index is 5.41. The Labute approximate surface area is 137 Å². The first-order valence-corrected chi connectivity index (χ1v) is 8.48. The van der Waals surface area contributed by atoms with Crippen molar-refractivity contribution in [3.63, 3.8) is 0 Å². The third kappa shape index (κ3) is 3.77. The summed E-state index contributed by atoms with van der Waals surface area (Å²) in [5.74, 6) is 2.60. The lowest BCUT2D eigenvalue weighted by Gasteiger charge is -2.23. The first-order valence-electron chi connectivity index (χ1n) is 8.07. The van der Waals surface area contributed by atoms with Crippen molar-refractivity contribution in [3.05, 3.63) is 29.8 Å². The molecular weight excluding hydrogens is 294 g/mol. The van der Waals surface area contributed by atoms with Gasteiger partial charge in [0, 0.05) is 6.04 Å². The summed E-state index contributed by atoms with van der Waals surface area (Å²) in [5, 5.41) is 8.24. The van der Waals surface area contributed by atoms with Crippen LogP contribution in [0.2, 0.25) is 0 Å². The molecular formula is C17H23N3OS. The summed E-state index contributed by atoms with van der Waals surface area (Å²) in [7, 11) is 0. The molecule has 0 radical (unpaired) electrons. The Hall–Kier alpha value is -1.62. The van der Waals surface area contributed by atoms with Gasteiger partial charge in [-0.3, -0.25) is 5.43 Å². The van der Waals surface area contributed by atoms with E-state index >= 15 is 0 Å². The van der Waals surface area contributed by atoms with Gasteiger partial charge in [-0.15, -0.1) is 0 Å². The van der Waals surface area contributed by atoms with E-state index in [2.05, 4.69) is 15.8 Å². The van der Waals surface area contributed by atoms with Crippen LogP contribution >= 0.6 is 12.2 Å². The molecule has 118 valence electrons. The van der Waals surface area contributed by atoms with E-state index in [1.807, 2.05) is 31.2 Å². The first-order chi connectivity index (χ1) is 10.7. The predicted molar refractivity (Wildman–Crippen MR) is 93.3 cm³/mol. The number of fused-ring (bicyclic) bond motifs is 2. The van der Waals surface area contributed by atoms with Gasteiger partial charge in [-0.05, 0) is 80.1 Å². The highest BCUT2D eigenvalue weighted by Gasteiger charge is 2.39. The molecule has 0 unspecified atom stereocenters. The molecule has 0 aromatic heterocycles. The molecule has 2 aliphatic rings. The van der Waals surface area contributed by atoms with Crippen LogP contribution in [0.1, 0.15) is 38.2 Å². The number of ether oxygens (including phenoxy) is 1. The Bertz CT molecular complexity index is 543. The zero-order valence-electron chi connectivity index (χ0n) is 12.9. The third-order valence-electron chi connectivity index (χ3n) is 4.63. The molecule has 0 heterocycles. The summed E-state index contributed by atoms with van der Waals surface area (Å²) in [6.07, 6.45) is 7.15. The molecule has 1 aromatic rings. The van der Waals surface area contributed by atoms with Crippen LogP contribution in [-0.4, -0.2) is 24.0 Å². The zero-order valence-corrected chi connectivity index (χ0v) is 13.7. The summed E-state index contributed by atoms with van der Waals surface area (Å²) in [6.45, 7) is 2.65. The molecule has 2 bridgehead atoms. The molecule has 2 fully saturated rings. The van der Waals surface area contributed by atoms with Gasteiger partial charge in [-0.1, -0.05) is 6.42 Å². The smallest absolute Gasteiger partial charge is 0.187 e. The SMILES string of the molecule is CCOc1ccc(/C=N\NC(=S)N[C@@H]2C[C@@H]3CC[C@@H]2C3)cc1.